The van der Waals surface area contributed by atoms with Gasteiger partial charge in [-0.05, 0) is 24.0 Å². The van der Waals surface area contributed by atoms with Crippen LogP contribution in [0.15, 0.2) is 18.2 Å². The quantitative estimate of drug-likeness (QED) is 0.365. The molecule has 1 rings (SSSR count). The van der Waals surface area contributed by atoms with Crippen molar-refractivity contribution in [1.29, 1.82) is 0 Å². The molecule has 0 fully saturated rings. The Morgan fingerprint density at radius 2 is 2.00 bits per heavy atom. The molecule has 0 aliphatic carbocycles. The van der Waals surface area contributed by atoms with Crippen LogP contribution in [0.4, 0.5) is 5.69 Å². The fourth-order valence-corrected chi connectivity index (χ4v) is 0.820. The van der Waals surface area contributed by atoms with E-state index in [1.54, 1.807) is 18.2 Å². The summed E-state index contributed by atoms with van der Waals surface area (Å²) >= 11 is 0. The van der Waals surface area contributed by atoms with E-state index >= 15 is 0 Å². The third-order valence-electron chi connectivity index (χ3n) is 1.60. The minimum absolute atomic E-state index is 0.424. The lowest BCUT2D eigenvalue weighted by atomic mass is 9.80. The lowest BCUT2D eigenvalue weighted by Gasteiger charge is -2.02. The lowest BCUT2D eigenvalue weighted by Crippen LogP contribution is -2.29. The van der Waals surface area contributed by atoms with Crippen molar-refractivity contribution in [3.63, 3.8) is 0 Å². The van der Waals surface area contributed by atoms with Crippen LogP contribution in [0.2, 0.25) is 0 Å². The van der Waals surface area contributed by atoms with Crippen LogP contribution in [0.5, 0.6) is 0 Å². The molecule has 1 aromatic rings. The summed E-state index contributed by atoms with van der Waals surface area (Å²) in [6.45, 7) is 1.86. The molecule has 0 atom stereocenters. The molecule has 3 nitrogen and oxygen atoms in total. The van der Waals surface area contributed by atoms with Crippen molar-refractivity contribution in [2.45, 2.75) is 6.92 Å². The highest BCUT2D eigenvalue weighted by Crippen LogP contribution is 2.06. The standard InChI is InChI=1S/C7H10BNO2/c1-5-2-3-6(8(10)11)4-7(5)9/h2-4,10-11H,9H2,1H3. The average Bonchev–Trinajstić information content (AvgIpc) is 1.94. The molecule has 58 valence electrons. The van der Waals surface area contributed by atoms with Gasteiger partial charge in [-0.15, -0.1) is 0 Å². The van der Waals surface area contributed by atoms with Crippen molar-refractivity contribution in [2.75, 3.05) is 5.73 Å². The van der Waals surface area contributed by atoms with Gasteiger partial charge in [0.25, 0.3) is 0 Å². The predicted octanol–water partition coefficient (Wildman–Crippen LogP) is -0.743. The molecule has 0 saturated carbocycles. The number of hydrogen-bond donors (Lipinski definition) is 3. The van der Waals surface area contributed by atoms with Crippen molar-refractivity contribution in [2.24, 2.45) is 0 Å². The Morgan fingerprint density at radius 3 is 2.45 bits per heavy atom. The maximum Gasteiger partial charge on any atom is 0.488 e. The minimum Gasteiger partial charge on any atom is -0.423 e. The molecule has 0 amide bonds. The Balaban J connectivity index is 3.05. The predicted molar refractivity (Wildman–Crippen MR) is 45.4 cm³/mol. The minimum atomic E-state index is -1.43. The van der Waals surface area contributed by atoms with Crippen molar-refractivity contribution in [1.82, 2.24) is 0 Å². The smallest absolute Gasteiger partial charge is 0.423 e. The van der Waals surface area contributed by atoms with E-state index in [4.69, 9.17) is 15.8 Å². The van der Waals surface area contributed by atoms with E-state index in [0.29, 0.717) is 11.2 Å². The molecule has 0 radical (unpaired) electrons. The molecule has 0 aliphatic heterocycles. The zero-order valence-corrected chi connectivity index (χ0v) is 6.28. The van der Waals surface area contributed by atoms with E-state index < -0.39 is 7.12 Å². The fraction of sp³-hybridized carbons (Fsp3) is 0.143. The molecule has 1 aromatic carbocycles. The van der Waals surface area contributed by atoms with Crippen molar-refractivity contribution in [3.05, 3.63) is 23.8 Å². The van der Waals surface area contributed by atoms with Crippen molar-refractivity contribution in [3.8, 4) is 0 Å². The van der Waals surface area contributed by atoms with Gasteiger partial charge in [0.2, 0.25) is 0 Å². The molecule has 11 heavy (non-hydrogen) atoms. The summed E-state index contributed by atoms with van der Waals surface area (Å²) in [4.78, 5) is 0. The number of rotatable bonds is 1. The summed E-state index contributed by atoms with van der Waals surface area (Å²) in [5, 5.41) is 17.5. The Hall–Kier alpha value is -0.995. The molecular formula is C7H10BNO2. The second-order valence-electron chi connectivity index (χ2n) is 2.49. The summed E-state index contributed by atoms with van der Waals surface area (Å²) in [6.07, 6.45) is 0. The Morgan fingerprint density at radius 1 is 1.36 bits per heavy atom. The van der Waals surface area contributed by atoms with Crippen LogP contribution in [0.3, 0.4) is 0 Å². The van der Waals surface area contributed by atoms with E-state index in [1.165, 1.54) is 0 Å². The largest absolute Gasteiger partial charge is 0.488 e. The number of nitrogens with two attached hydrogens (primary N) is 1. The first-order valence-electron chi connectivity index (χ1n) is 3.33. The second-order valence-corrected chi connectivity index (χ2v) is 2.49. The van der Waals surface area contributed by atoms with Crippen LogP contribution in [0, 0.1) is 6.92 Å². The summed E-state index contributed by atoms with van der Waals surface area (Å²) in [5.74, 6) is 0. The molecule has 0 unspecified atom stereocenters. The molecule has 0 aromatic heterocycles. The highest BCUT2D eigenvalue weighted by atomic mass is 16.4. The van der Waals surface area contributed by atoms with E-state index in [9.17, 15) is 0 Å². The van der Waals surface area contributed by atoms with Crippen LogP contribution < -0.4 is 11.2 Å². The number of benzene rings is 1. The molecular weight excluding hydrogens is 141 g/mol. The monoisotopic (exact) mass is 151 g/mol. The maximum atomic E-state index is 8.74. The molecule has 0 saturated heterocycles. The lowest BCUT2D eigenvalue weighted by molar-refractivity contribution is 0.426. The van der Waals surface area contributed by atoms with E-state index in [2.05, 4.69) is 0 Å². The third-order valence-corrected chi connectivity index (χ3v) is 1.60. The van der Waals surface area contributed by atoms with E-state index in [1.807, 2.05) is 6.92 Å². The molecule has 0 heterocycles. The van der Waals surface area contributed by atoms with Gasteiger partial charge in [-0.3, -0.25) is 0 Å². The van der Waals surface area contributed by atoms with Gasteiger partial charge in [-0.2, -0.15) is 0 Å². The highest BCUT2D eigenvalue weighted by Gasteiger charge is 2.10. The van der Waals surface area contributed by atoms with Crippen LogP contribution in [0.25, 0.3) is 0 Å². The van der Waals surface area contributed by atoms with Gasteiger partial charge in [0, 0.05) is 5.69 Å². The van der Waals surface area contributed by atoms with Crippen LogP contribution in [0.1, 0.15) is 5.56 Å². The Bertz CT molecular complexity index is 263. The zero-order valence-electron chi connectivity index (χ0n) is 6.28. The molecule has 0 aliphatic rings. The summed E-state index contributed by atoms with van der Waals surface area (Å²) in [7, 11) is -1.43. The fourth-order valence-electron chi connectivity index (χ4n) is 0.820. The topological polar surface area (TPSA) is 66.5 Å². The summed E-state index contributed by atoms with van der Waals surface area (Å²) < 4.78 is 0. The van der Waals surface area contributed by atoms with Crippen LogP contribution in [-0.4, -0.2) is 17.2 Å². The number of anilines is 1. The van der Waals surface area contributed by atoms with Gasteiger partial charge >= 0.3 is 7.12 Å². The van der Waals surface area contributed by atoms with Gasteiger partial charge in [-0.1, -0.05) is 12.1 Å². The highest BCUT2D eigenvalue weighted by molar-refractivity contribution is 6.58. The third kappa shape index (κ3) is 1.72. The van der Waals surface area contributed by atoms with Gasteiger partial charge in [0.15, 0.2) is 0 Å². The normalized spacial score (nSPS) is 9.73. The number of hydrogen-bond acceptors (Lipinski definition) is 3. The van der Waals surface area contributed by atoms with Gasteiger partial charge < -0.3 is 15.8 Å². The van der Waals surface area contributed by atoms with E-state index in [0.717, 1.165) is 5.56 Å². The van der Waals surface area contributed by atoms with Gasteiger partial charge in [0.05, 0.1) is 0 Å². The first kappa shape index (κ1) is 8.10. The summed E-state index contributed by atoms with van der Waals surface area (Å²) in [6, 6.07) is 4.94. The average molecular weight is 151 g/mol. The molecule has 0 bridgehead atoms. The Kier molecular flexibility index (Phi) is 2.17. The Labute approximate surface area is 65.6 Å². The number of aryl methyl sites for hydroxylation is 1. The van der Waals surface area contributed by atoms with Crippen molar-refractivity contribution >= 4 is 18.3 Å². The molecule has 4 N–H and O–H groups in total. The van der Waals surface area contributed by atoms with Crippen molar-refractivity contribution < 1.29 is 10.0 Å². The summed E-state index contributed by atoms with van der Waals surface area (Å²) in [5.41, 5.74) is 7.48. The molecule has 0 spiro atoms. The van der Waals surface area contributed by atoms with Gasteiger partial charge in [0.1, 0.15) is 0 Å². The van der Waals surface area contributed by atoms with Gasteiger partial charge in [-0.25, -0.2) is 0 Å². The van der Waals surface area contributed by atoms with E-state index in [-0.39, 0.29) is 0 Å². The first-order chi connectivity index (χ1) is 5.11. The first-order valence-corrected chi connectivity index (χ1v) is 3.33. The second kappa shape index (κ2) is 2.94. The SMILES string of the molecule is Cc1ccc(B(O)O)cc1N. The maximum absolute atomic E-state index is 8.74. The zero-order chi connectivity index (χ0) is 8.43. The number of nitrogen functional groups attached to an aromatic ring is 1. The van der Waals surface area contributed by atoms with Crippen LogP contribution in [-0.2, 0) is 0 Å². The molecule has 4 heteroatoms. The van der Waals surface area contributed by atoms with Crippen LogP contribution >= 0.6 is 0 Å².